The van der Waals surface area contributed by atoms with Crippen LogP contribution in [0.4, 0.5) is 10.5 Å². The second-order valence-corrected chi connectivity index (χ2v) is 9.24. The molecule has 0 saturated carbocycles. The van der Waals surface area contributed by atoms with E-state index in [1.165, 1.54) is 4.90 Å². The number of rotatable bonds is 9. The molecule has 2 rings (SSSR count). The molecule has 188 valence electrons. The van der Waals surface area contributed by atoms with Gasteiger partial charge in [0.15, 0.2) is 0 Å². The van der Waals surface area contributed by atoms with E-state index in [0.29, 0.717) is 17.0 Å². The number of carbonyl (C=O) groups excluding carboxylic acids is 3. The monoisotopic (exact) mass is 481 g/mol. The maximum Gasteiger partial charge on any atom is 0.408 e. The van der Waals surface area contributed by atoms with Gasteiger partial charge in [-0.15, -0.1) is 0 Å². The van der Waals surface area contributed by atoms with Gasteiger partial charge in [0.05, 0.1) is 7.11 Å². The Morgan fingerprint density at radius 3 is 2.29 bits per heavy atom. The van der Waals surface area contributed by atoms with Crippen LogP contribution >= 0.6 is 0 Å². The Morgan fingerprint density at radius 2 is 1.74 bits per heavy atom. The van der Waals surface area contributed by atoms with Crippen LogP contribution in [0.25, 0.3) is 6.08 Å². The summed E-state index contributed by atoms with van der Waals surface area (Å²) in [6, 6.07) is 12.9. The Kier molecular flexibility index (Phi) is 9.45. The second-order valence-electron chi connectivity index (χ2n) is 9.24. The van der Waals surface area contributed by atoms with Crippen molar-refractivity contribution in [3.05, 3.63) is 66.2 Å². The fourth-order valence-corrected chi connectivity index (χ4v) is 3.46. The van der Waals surface area contributed by atoms with Gasteiger partial charge in [-0.1, -0.05) is 30.9 Å². The van der Waals surface area contributed by atoms with Crippen LogP contribution in [-0.4, -0.2) is 48.1 Å². The molecule has 0 aromatic heterocycles. The molecule has 0 radical (unpaired) electrons. The van der Waals surface area contributed by atoms with Gasteiger partial charge in [0, 0.05) is 11.7 Å². The molecule has 8 heteroatoms. The first-order chi connectivity index (χ1) is 16.4. The summed E-state index contributed by atoms with van der Waals surface area (Å²) in [7, 11) is 1.56. The highest BCUT2D eigenvalue weighted by molar-refractivity contribution is 5.98. The fourth-order valence-electron chi connectivity index (χ4n) is 3.46. The van der Waals surface area contributed by atoms with Gasteiger partial charge < -0.3 is 25.0 Å². The molecule has 0 spiro atoms. The predicted octanol–water partition coefficient (Wildman–Crippen LogP) is 4.78. The van der Waals surface area contributed by atoms with Gasteiger partial charge in [-0.3, -0.25) is 9.59 Å². The van der Waals surface area contributed by atoms with Crippen molar-refractivity contribution in [3.8, 4) is 5.75 Å². The lowest BCUT2D eigenvalue weighted by Gasteiger charge is -2.35. The van der Waals surface area contributed by atoms with Crippen molar-refractivity contribution in [1.29, 1.82) is 0 Å². The van der Waals surface area contributed by atoms with Crippen LogP contribution in [0.3, 0.4) is 0 Å². The van der Waals surface area contributed by atoms with E-state index in [1.807, 2.05) is 32.0 Å². The first-order valence-electron chi connectivity index (χ1n) is 11.4. The first kappa shape index (κ1) is 27.4. The average Bonchev–Trinajstić information content (AvgIpc) is 2.80. The van der Waals surface area contributed by atoms with Gasteiger partial charge in [-0.25, -0.2) is 4.79 Å². The maximum atomic E-state index is 13.6. The molecule has 0 fully saturated rings. The summed E-state index contributed by atoms with van der Waals surface area (Å²) in [5, 5.41) is 5.38. The smallest absolute Gasteiger partial charge is 0.408 e. The zero-order valence-corrected chi connectivity index (χ0v) is 21.3. The summed E-state index contributed by atoms with van der Waals surface area (Å²) in [6.45, 7) is 12.3. The molecule has 1 atom stereocenters. The zero-order valence-electron chi connectivity index (χ0n) is 21.3. The van der Waals surface area contributed by atoms with Gasteiger partial charge in [0.2, 0.25) is 5.91 Å². The second kappa shape index (κ2) is 12.1. The Hall–Kier alpha value is -3.81. The predicted molar refractivity (Wildman–Crippen MR) is 137 cm³/mol. The van der Waals surface area contributed by atoms with Gasteiger partial charge in [0.1, 0.15) is 23.9 Å². The molecule has 8 nitrogen and oxygen atoms in total. The number of alkyl carbamates (subject to hydrolysis) is 1. The van der Waals surface area contributed by atoms with Crippen molar-refractivity contribution in [1.82, 2.24) is 10.2 Å². The van der Waals surface area contributed by atoms with E-state index in [9.17, 15) is 14.4 Å². The fraction of sp³-hybridized carbons (Fsp3) is 0.370. The highest BCUT2D eigenvalue weighted by Crippen LogP contribution is 2.27. The van der Waals surface area contributed by atoms with E-state index in [0.717, 1.165) is 5.56 Å². The highest BCUT2D eigenvalue weighted by Gasteiger charge is 2.34. The van der Waals surface area contributed by atoms with Crippen molar-refractivity contribution in [2.45, 2.75) is 52.3 Å². The third kappa shape index (κ3) is 8.17. The highest BCUT2D eigenvalue weighted by atomic mass is 16.6. The van der Waals surface area contributed by atoms with Gasteiger partial charge in [-0.05, 0) is 76.1 Å². The lowest BCUT2D eigenvalue weighted by Crippen LogP contribution is -2.49. The number of methoxy groups -OCH3 is 1. The van der Waals surface area contributed by atoms with Crippen molar-refractivity contribution < 1.29 is 23.9 Å². The average molecular weight is 482 g/mol. The lowest BCUT2D eigenvalue weighted by molar-refractivity contribution is -0.140. The number of ether oxygens (including phenoxy) is 2. The van der Waals surface area contributed by atoms with Crippen molar-refractivity contribution in [3.63, 3.8) is 0 Å². The van der Waals surface area contributed by atoms with Crippen LogP contribution in [-0.2, 0) is 14.3 Å². The van der Waals surface area contributed by atoms with E-state index in [-0.39, 0.29) is 12.6 Å². The number of nitrogens with zero attached hydrogens (tertiary/aromatic N) is 1. The lowest BCUT2D eigenvalue weighted by atomic mass is 9.99. The van der Waals surface area contributed by atoms with Gasteiger partial charge in [0.25, 0.3) is 5.91 Å². The SMILES string of the molecule is C=Cc1cccc(C(C(=O)Nc2ccc(OC)cc2)N(C(=O)CNC(=O)OC(C)(C)C)C(C)C)c1. The van der Waals surface area contributed by atoms with Crippen LogP contribution < -0.4 is 15.4 Å². The minimum Gasteiger partial charge on any atom is -0.497 e. The molecule has 0 saturated heterocycles. The number of amides is 3. The van der Waals surface area contributed by atoms with Crippen LogP contribution in [0.2, 0.25) is 0 Å². The zero-order chi connectivity index (χ0) is 26.2. The molecule has 2 aromatic carbocycles. The number of nitrogens with one attached hydrogen (secondary N) is 2. The molecular formula is C27H35N3O5. The summed E-state index contributed by atoms with van der Waals surface area (Å²) < 4.78 is 10.4. The number of hydrogen-bond donors (Lipinski definition) is 2. The number of benzene rings is 2. The molecule has 3 amide bonds. The number of carbonyl (C=O) groups is 3. The summed E-state index contributed by atoms with van der Waals surface area (Å²) in [4.78, 5) is 40.4. The van der Waals surface area contributed by atoms with Crippen molar-refractivity contribution in [2.75, 3.05) is 19.0 Å². The Bertz CT molecular complexity index is 1040. The molecule has 2 aromatic rings. The van der Waals surface area contributed by atoms with Gasteiger partial charge >= 0.3 is 6.09 Å². The minimum absolute atomic E-state index is 0.319. The Balaban J connectivity index is 2.37. The van der Waals surface area contributed by atoms with Gasteiger partial charge in [-0.2, -0.15) is 0 Å². The van der Waals surface area contributed by atoms with E-state index >= 15 is 0 Å². The van der Waals surface area contributed by atoms with E-state index in [2.05, 4.69) is 17.2 Å². The molecule has 0 aliphatic rings. The topological polar surface area (TPSA) is 97.0 Å². The maximum absolute atomic E-state index is 13.6. The Labute approximate surface area is 207 Å². The molecule has 0 bridgehead atoms. The molecule has 35 heavy (non-hydrogen) atoms. The summed E-state index contributed by atoms with van der Waals surface area (Å²) in [6.07, 6.45) is 0.968. The summed E-state index contributed by atoms with van der Waals surface area (Å²) >= 11 is 0. The summed E-state index contributed by atoms with van der Waals surface area (Å²) in [5.41, 5.74) is 1.29. The minimum atomic E-state index is -0.954. The number of anilines is 1. The number of hydrogen-bond acceptors (Lipinski definition) is 5. The standard InChI is InChI=1S/C27H35N3O5/c1-8-19-10-9-11-20(16-19)24(25(32)29-21-12-14-22(34-7)15-13-21)30(18(2)3)23(31)17-28-26(33)35-27(4,5)6/h8-16,18,24H,1,17H2,2-7H3,(H,28,33)(H,29,32). The van der Waals surface area contributed by atoms with Crippen LogP contribution in [0, 0.1) is 0 Å². The molecule has 0 aliphatic carbocycles. The van der Waals surface area contributed by atoms with Crippen LogP contribution in [0.1, 0.15) is 51.8 Å². The molecule has 1 unspecified atom stereocenters. The Morgan fingerprint density at radius 1 is 1.09 bits per heavy atom. The van der Waals surface area contributed by atoms with Crippen LogP contribution in [0.15, 0.2) is 55.1 Å². The largest absolute Gasteiger partial charge is 0.497 e. The van der Waals surface area contributed by atoms with Crippen molar-refractivity contribution >= 4 is 29.7 Å². The van der Waals surface area contributed by atoms with Crippen LogP contribution in [0.5, 0.6) is 5.75 Å². The molecule has 0 aliphatic heterocycles. The van der Waals surface area contributed by atoms with E-state index in [4.69, 9.17) is 9.47 Å². The normalized spacial score (nSPS) is 11.9. The quantitative estimate of drug-likeness (QED) is 0.537. The third-order valence-electron chi connectivity index (χ3n) is 4.97. The first-order valence-corrected chi connectivity index (χ1v) is 11.4. The van der Waals surface area contributed by atoms with E-state index in [1.54, 1.807) is 64.3 Å². The summed E-state index contributed by atoms with van der Waals surface area (Å²) in [5.74, 6) is -0.161. The molecule has 0 heterocycles. The third-order valence-corrected chi connectivity index (χ3v) is 4.97. The van der Waals surface area contributed by atoms with Crippen molar-refractivity contribution in [2.24, 2.45) is 0 Å². The molecule has 2 N–H and O–H groups in total. The van der Waals surface area contributed by atoms with E-state index < -0.39 is 29.6 Å². The molecular weight excluding hydrogens is 446 g/mol.